The van der Waals surface area contributed by atoms with Crippen molar-refractivity contribution >= 4 is 40.2 Å². The fraction of sp³-hybridized carbons (Fsp3) is 0.167. The van der Waals surface area contributed by atoms with E-state index in [1.165, 1.54) is 30.1 Å². The predicted molar refractivity (Wildman–Crippen MR) is 128 cm³/mol. The van der Waals surface area contributed by atoms with Gasteiger partial charge in [-0.2, -0.15) is 0 Å². The van der Waals surface area contributed by atoms with Crippen molar-refractivity contribution in [2.24, 2.45) is 0 Å². The average Bonchev–Trinajstić information content (AvgIpc) is 3.37. The van der Waals surface area contributed by atoms with Crippen molar-refractivity contribution in [3.05, 3.63) is 82.5 Å². The average molecular weight is 480 g/mol. The molecule has 0 radical (unpaired) electrons. The molecule has 0 saturated heterocycles. The zero-order valence-electron chi connectivity index (χ0n) is 18.4. The van der Waals surface area contributed by atoms with Crippen molar-refractivity contribution in [1.82, 2.24) is 9.55 Å². The van der Waals surface area contributed by atoms with E-state index in [2.05, 4.69) is 10.3 Å². The molecule has 2 aromatic carbocycles. The number of amides is 1. The van der Waals surface area contributed by atoms with Crippen molar-refractivity contribution in [3.8, 4) is 5.75 Å². The van der Waals surface area contributed by atoms with Crippen LogP contribution < -0.4 is 15.6 Å². The van der Waals surface area contributed by atoms with Gasteiger partial charge in [-0.1, -0.05) is 17.8 Å². The van der Waals surface area contributed by atoms with E-state index in [1.54, 1.807) is 49.6 Å². The molecule has 0 aliphatic heterocycles. The van der Waals surface area contributed by atoms with E-state index in [-0.39, 0.29) is 29.3 Å². The van der Waals surface area contributed by atoms with Gasteiger partial charge in [0.1, 0.15) is 11.5 Å². The predicted octanol–water partition coefficient (Wildman–Crippen LogP) is 3.56. The van der Waals surface area contributed by atoms with E-state index in [1.807, 2.05) is 0 Å². The van der Waals surface area contributed by atoms with Crippen molar-refractivity contribution in [3.63, 3.8) is 0 Å². The van der Waals surface area contributed by atoms with Crippen LogP contribution in [0.4, 0.5) is 5.69 Å². The number of carbonyl (C=O) groups is 2. The van der Waals surface area contributed by atoms with E-state index in [0.717, 1.165) is 11.8 Å². The van der Waals surface area contributed by atoms with Crippen LogP contribution in [-0.2, 0) is 16.1 Å². The Kier molecular flexibility index (Phi) is 6.98. The Morgan fingerprint density at radius 3 is 2.71 bits per heavy atom. The maximum absolute atomic E-state index is 13.3. The van der Waals surface area contributed by atoms with Crippen LogP contribution in [0.1, 0.15) is 16.1 Å². The molecule has 2 aromatic heterocycles. The van der Waals surface area contributed by atoms with Gasteiger partial charge in [0.05, 0.1) is 49.2 Å². The molecule has 0 spiro atoms. The van der Waals surface area contributed by atoms with Gasteiger partial charge in [-0.05, 0) is 42.5 Å². The summed E-state index contributed by atoms with van der Waals surface area (Å²) in [5.41, 5.74) is 0.886. The Hall–Kier alpha value is -4.05. The molecule has 0 aliphatic rings. The highest BCUT2D eigenvalue weighted by Crippen LogP contribution is 2.22. The van der Waals surface area contributed by atoms with Gasteiger partial charge in [-0.3, -0.25) is 14.2 Å². The number of rotatable bonds is 8. The summed E-state index contributed by atoms with van der Waals surface area (Å²) in [6.45, 7) is 0.146. The van der Waals surface area contributed by atoms with E-state index >= 15 is 0 Å². The van der Waals surface area contributed by atoms with Crippen molar-refractivity contribution in [2.45, 2.75) is 11.7 Å². The van der Waals surface area contributed by atoms with Gasteiger partial charge in [0.15, 0.2) is 5.16 Å². The lowest BCUT2D eigenvalue weighted by atomic mass is 10.1. The molecule has 1 N–H and O–H groups in total. The van der Waals surface area contributed by atoms with E-state index in [9.17, 15) is 14.4 Å². The van der Waals surface area contributed by atoms with E-state index in [4.69, 9.17) is 13.9 Å². The molecule has 0 atom stereocenters. The maximum Gasteiger partial charge on any atom is 0.337 e. The lowest BCUT2D eigenvalue weighted by Crippen LogP contribution is -2.25. The second-order valence-electron chi connectivity index (χ2n) is 7.16. The molecular formula is C24H21N3O6S. The summed E-state index contributed by atoms with van der Waals surface area (Å²) < 4.78 is 16.8. The highest BCUT2D eigenvalue weighted by Gasteiger charge is 2.17. The Balaban J connectivity index is 1.64. The number of nitrogens with zero attached hydrogens (tertiary/aromatic N) is 2. The normalized spacial score (nSPS) is 10.8. The van der Waals surface area contributed by atoms with Gasteiger partial charge in [-0.25, -0.2) is 9.78 Å². The van der Waals surface area contributed by atoms with Crippen LogP contribution in [0.5, 0.6) is 5.75 Å². The monoisotopic (exact) mass is 479 g/mol. The van der Waals surface area contributed by atoms with Crippen molar-refractivity contribution in [1.29, 1.82) is 0 Å². The van der Waals surface area contributed by atoms with Crippen molar-refractivity contribution in [2.75, 3.05) is 25.3 Å². The molecule has 0 unspecified atom stereocenters. The maximum atomic E-state index is 13.3. The summed E-state index contributed by atoms with van der Waals surface area (Å²) in [5, 5.41) is 3.45. The molecule has 0 bridgehead atoms. The number of anilines is 1. The van der Waals surface area contributed by atoms with Gasteiger partial charge in [0, 0.05) is 11.8 Å². The zero-order valence-corrected chi connectivity index (χ0v) is 19.3. The van der Waals surface area contributed by atoms with Crippen LogP contribution in [0, 0.1) is 0 Å². The number of thioether (sulfide) groups is 1. The third-order valence-corrected chi connectivity index (χ3v) is 5.90. The third kappa shape index (κ3) is 5.12. The lowest BCUT2D eigenvalue weighted by molar-refractivity contribution is -0.113. The van der Waals surface area contributed by atoms with Crippen LogP contribution in [0.3, 0.4) is 0 Å². The number of hydrogen-bond acceptors (Lipinski definition) is 8. The van der Waals surface area contributed by atoms with Crippen LogP contribution in [0.2, 0.25) is 0 Å². The van der Waals surface area contributed by atoms with Crippen LogP contribution in [0.25, 0.3) is 10.9 Å². The molecule has 0 saturated carbocycles. The molecule has 4 aromatic rings. The zero-order chi connectivity index (χ0) is 24.1. The smallest absolute Gasteiger partial charge is 0.337 e. The van der Waals surface area contributed by atoms with E-state index in [0.29, 0.717) is 33.3 Å². The standard InChI is InChI=1S/C24H21N3O6S/c1-31-17-6-3-5-16(12-17)25-21(28)14-34-24-26-20-11-15(23(30)32-2)8-9-19(20)22(29)27(24)13-18-7-4-10-33-18/h3-12H,13-14H2,1-2H3,(H,25,28). The summed E-state index contributed by atoms with van der Waals surface area (Å²) in [7, 11) is 2.83. The van der Waals surface area contributed by atoms with Crippen LogP contribution >= 0.6 is 11.8 Å². The van der Waals surface area contributed by atoms with Gasteiger partial charge in [-0.15, -0.1) is 0 Å². The second kappa shape index (κ2) is 10.3. The number of aromatic nitrogens is 2. The van der Waals surface area contributed by atoms with Crippen molar-refractivity contribution < 1.29 is 23.5 Å². The number of carbonyl (C=O) groups excluding carboxylic acids is 2. The first-order chi connectivity index (χ1) is 16.5. The SMILES string of the molecule is COC(=O)c1ccc2c(=O)n(Cc3ccco3)c(SCC(=O)Nc3cccc(OC)c3)nc2c1. The summed E-state index contributed by atoms with van der Waals surface area (Å²) >= 11 is 1.11. The first kappa shape index (κ1) is 23.1. The van der Waals surface area contributed by atoms with Gasteiger partial charge < -0.3 is 19.2 Å². The summed E-state index contributed by atoms with van der Waals surface area (Å²) in [5.74, 6) is 0.382. The number of ether oxygens (including phenoxy) is 2. The minimum absolute atomic E-state index is 0.00397. The number of esters is 1. The van der Waals surface area contributed by atoms with Crippen LogP contribution in [-0.4, -0.2) is 41.4 Å². The molecule has 4 rings (SSSR count). The van der Waals surface area contributed by atoms with Gasteiger partial charge in [0.25, 0.3) is 5.56 Å². The molecular weight excluding hydrogens is 458 g/mol. The number of methoxy groups -OCH3 is 2. The molecule has 1 amide bonds. The molecule has 2 heterocycles. The first-order valence-electron chi connectivity index (χ1n) is 10.2. The number of furan rings is 1. The number of benzene rings is 2. The Morgan fingerprint density at radius 1 is 1.12 bits per heavy atom. The first-order valence-corrected chi connectivity index (χ1v) is 11.2. The van der Waals surface area contributed by atoms with Gasteiger partial charge >= 0.3 is 5.97 Å². The summed E-state index contributed by atoms with van der Waals surface area (Å²) in [4.78, 5) is 42.4. The van der Waals surface area contributed by atoms with Gasteiger partial charge in [0.2, 0.25) is 5.91 Å². The molecule has 10 heteroatoms. The third-order valence-electron chi connectivity index (χ3n) is 4.92. The number of nitrogens with one attached hydrogen (secondary N) is 1. The summed E-state index contributed by atoms with van der Waals surface area (Å²) in [6.07, 6.45) is 1.52. The minimum Gasteiger partial charge on any atom is -0.497 e. The Morgan fingerprint density at radius 2 is 1.97 bits per heavy atom. The molecule has 174 valence electrons. The largest absolute Gasteiger partial charge is 0.497 e. The molecule has 34 heavy (non-hydrogen) atoms. The second-order valence-corrected chi connectivity index (χ2v) is 8.10. The Bertz CT molecular complexity index is 1400. The fourth-order valence-electron chi connectivity index (χ4n) is 3.28. The molecule has 0 aliphatic carbocycles. The molecule has 0 fully saturated rings. The van der Waals surface area contributed by atoms with E-state index < -0.39 is 5.97 Å². The topological polar surface area (TPSA) is 113 Å². The Labute approximate surface area is 198 Å². The highest BCUT2D eigenvalue weighted by molar-refractivity contribution is 7.99. The quantitative estimate of drug-likeness (QED) is 0.232. The number of hydrogen-bond donors (Lipinski definition) is 1. The van der Waals surface area contributed by atoms with Crippen LogP contribution in [0.15, 0.2) is 75.2 Å². The molecule has 9 nitrogen and oxygen atoms in total. The highest BCUT2D eigenvalue weighted by atomic mass is 32.2. The minimum atomic E-state index is -0.532. The summed E-state index contributed by atoms with van der Waals surface area (Å²) in [6, 6.07) is 15.0. The lowest BCUT2D eigenvalue weighted by Gasteiger charge is -2.13. The fourth-order valence-corrected chi connectivity index (χ4v) is 4.08. The number of fused-ring (bicyclic) bond motifs is 1.